The van der Waals surface area contributed by atoms with E-state index in [4.69, 9.17) is 0 Å². The van der Waals surface area contributed by atoms with Crippen molar-refractivity contribution in [2.45, 2.75) is 13.8 Å². The third-order valence-electron chi connectivity index (χ3n) is 3.46. The standard InChI is InChI=1S/C19H23NO.ClH/c1-14-8-10-16(11-9-14)19(15(2)13-20(3)4)17-6-5-7-18(21)12-17;/h5-12,21H,13H2,1-4H3;1H/b19-15+;. The number of aryl methyl sites for hydroxylation is 1. The topological polar surface area (TPSA) is 23.5 Å². The molecule has 0 unspecified atom stereocenters. The quantitative estimate of drug-likeness (QED) is 0.897. The predicted molar refractivity (Wildman–Crippen MR) is 96.8 cm³/mol. The molecule has 0 saturated heterocycles. The van der Waals surface area contributed by atoms with E-state index in [1.165, 1.54) is 22.3 Å². The van der Waals surface area contributed by atoms with Crippen molar-refractivity contribution in [3.63, 3.8) is 0 Å². The van der Waals surface area contributed by atoms with Crippen molar-refractivity contribution < 1.29 is 5.11 Å². The molecule has 0 aromatic heterocycles. The second kappa shape index (κ2) is 8.02. The Bertz CT molecular complexity index is 645. The molecule has 0 aliphatic carbocycles. The predicted octanol–water partition coefficient (Wildman–Crippen LogP) is 4.51. The zero-order valence-corrected chi connectivity index (χ0v) is 14.4. The van der Waals surface area contributed by atoms with E-state index < -0.39 is 0 Å². The van der Waals surface area contributed by atoms with E-state index in [-0.39, 0.29) is 12.4 Å². The summed E-state index contributed by atoms with van der Waals surface area (Å²) in [5.41, 5.74) is 5.97. The highest BCUT2D eigenvalue weighted by atomic mass is 35.5. The van der Waals surface area contributed by atoms with Gasteiger partial charge in [-0.25, -0.2) is 0 Å². The minimum Gasteiger partial charge on any atom is -0.508 e. The molecule has 0 atom stereocenters. The van der Waals surface area contributed by atoms with Crippen LogP contribution in [0.3, 0.4) is 0 Å². The van der Waals surface area contributed by atoms with Crippen molar-refractivity contribution in [2.24, 2.45) is 0 Å². The smallest absolute Gasteiger partial charge is 0.116 e. The molecular weight excluding hydrogens is 294 g/mol. The molecule has 2 nitrogen and oxygen atoms in total. The van der Waals surface area contributed by atoms with E-state index >= 15 is 0 Å². The highest BCUT2D eigenvalue weighted by molar-refractivity contribution is 5.85. The second-order valence-electron chi connectivity index (χ2n) is 5.81. The zero-order valence-electron chi connectivity index (χ0n) is 13.6. The van der Waals surface area contributed by atoms with Gasteiger partial charge in [-0.05, 0) is 56.8 Å². The first-order chi connectivity index (χ1) is 9.97. The fraction of sp³-hybridized carbons (Fsp3) is 0.263. The van der Waals surface area contributed by atoms with Gasteiger partial charge in [-0.15, -0.1) is 12.4 Å². The minimum atomic E-state index is 0. The van der Waals surface area contributed by atoms with E-state index in [0.717, 1.165) is 12.1 Å². The van der Waals surface area contributed by atoms with Gasteiger partial charge in [0.1, 0.15) is 5.75 Å². The summed E-state index contributed by atoms with van der Waals surface area (Å²) in [7, 11) is 4.14. The van der Waals surface area contributed by atoms with E-state index in [2.05, 4.69) is 57.1 Å². The van der Waals surface area contributed by atoms with Crippen LogP contribution in [0.1, 0.15) is 23.6 Å². The van der Waals surface area contributed by atoms with Crippen molar-refractivity contribution in [3.8, 4) is 5.75 Å². The van der Waals surface area contributed by atoms with Crippen LogP contribution in [0.25, 0.3) is 5.57 Å². The molecule has 0 spiro atoms. The van der Waals surface area contributed by atoms with Crippen molar-refractivity contribution in [2.75, 3.05) is 20.6 Å². The zero-order chi connectivity index (χ0) is 15.4. The number of hydrogen-bond acceptors (Lipinski definition) is 2. The maximum atomic E-state index is 9.78. The summed E-state index contributed by atoms with van der Waals surface area (Å²) in [6, 6.07) is 16.0. The molecule has 0 bridgehead atoms. The maximum absolute atomic E-state index is 9.78. The van der Waals surface area contributed by atoms with Crippen molar-refractivity contribution in [1.29, 1.82) is 0 Å². The first-order valence-corrected chi connectivity index (χ1v) is 7.18. The van der Waals surface area contributed by atoms with Crippen LogP contribution in [-0.2, 0) is 0 Å². The van der Waals surface area contributed by atoms with Gasteiger partial charge in [0.05, 0.1) is 0 Å². The molecule has 0 saturated carbocycles. The van der Waals surface area contributed by atoms with E-state index in [1.807, 2.05) is 18.2 Å². The minimum absolute atomic E-state index is 0. The number of phenolic OH excluding ortho intramolecular Hbond substituents is 1. The highest BCUT2D eigenvalue weighted by Gasteiger charge is 2.10. The molecule has 22 heavy (non-hydrogen) atoms. The summed E-state index contributed by atoms with van der Waals surface area (Å²) in [5, 5.41) is 9.78. The number of phenols is 1. The van der Waals surface area contributed by atoms with E-state index in [1.54, 1.807) is 6.07 Å². The summed E-state index contributed by atoms with van der Waals surface area (Å²) in [5.74, 6) is 0.301. The Morgan fingerprint density at radius 2 is 1.64 bits per heavy atom. The summed E-state index contributed by atoms with van der Waals surface area (Å²) in [6.45, 7) is 5.13. The molecule has 0 aliphatic rings. The van der Waals surface area contributed by atoms with E-state index in [9.17, 15) is 5.11 Å². The average molecular weight is 318 g/mol. The Labute approximate surface area is 139 Å². The third kappa shape index (κ3) is 4.62. The Kier molecular flexibility index (Phi) is 6.66. The lowest BCUT2D eigenvalue weighted by atomic mass is 9.92. The van der Waals surface area contributed by atoms with Crippen LogP contribution >= 0.6 is 12.4 Å². The SMILES string of the molecule is C/C(CN(C)C)=C(/c1ccc(C)cc1)c1cccc(O)c1.Cl. The molecule has 0 fully saturated rings. The van der Waals surface area contributed by atoms with Gasteiger partial charge in [0.25, 0.3) is 0 Å². The van der Waals surface area contributed by atoms with Crippen LogP contribution in [0, 0.1) is 6.92 Å². The van der Waals surface area contributed by atoms with E-state index in [0.29, 0.717) is 5.75 Å². The molecule has 2 aromatic carbocycles. The molecule has 1 N–H and O–H groups in total. The number of rotatable bonds is 4. The Hall–Kier alpha value is -1.77. The first-order valence-electron chi connectivity index (χ1n) is 7.18. The normalized spacial score (nSPS) is 11.9. The summed E-state index contributed by atoms with van der Waals surface area (Å²) in [4.78, 5) is 2.16. The lowest BCUT2D eigenvalue weighted by molar-refractivity contribution is 0.446. The summed E-state index contributed by atoms with van der Waals surface area (Å²) >= 11 is 0. The lowest BCUT2D eigenvalue weighted by Gasteiger charge is -2.17. The first kappa shape index (κ1) is 18.3. The van der Waals surface area contributed by atoms with Gasteiger partial charge in [0, 0.05) is 6.54 Å². The average Bonchev–Trinajstić information content (AvgIpc) is 2.40. The molecule has 0 heterocycles. The molecule has 0 amide bonds. The fourth-order valence-corrected chi connectivity index (χ4v) is 2.59. The van der Waals surface area contributed by atoms with Crippen LogP contribution in [-0.4, -0.2) is 30.6 Å². The maximum Gasteiger partial charge on any atom is 0.116 e. The number of nitrogens with zero attached hydrogens (tertiary/aromatic N) is 1. The van der Waals surface area contributed by atoms with Crippen LogP contribution in [0.5, 0.6) is 5.75 Å². The van der Waals surface area contributed by atoms with Crippen LogP contribution in [0.15, 0.2) is 54.1 Å². The van der Waals surface area contributed by atoms with Gasteiger partial charge < -0.3 is 10.0 Å². The number of hydrogen-bond donors (Lipinski definition) is 1. The van der Waals surface area contributed by atoms with Gasteiger partial charge in [-0.1, -0.05) is 47.5 Å². The largest absolute Gasteiger partial charge is 0.508 e. The summed E-state index contributed by atoms with van der Waals surface area (Å²) in [6.07, 6.45) is 0. The molecule has 0 radical (unpaired) electrons. The Balaban J connectivity index is 0.00000242. The second-order valence-corrected chi connectivity index (χ2v) is 5.81. The van der Waals surface area contributed by atoms with Crippen LogP contribution in [0.4, 0.5) is 0 Å². The molecule has 0 aliphatic heterocycles. The third-order valence-corrected chi connectivity index (χ3v) is 3.46. The van der Waals surface area contributed by atoms with Gasteiger partial charge in [0.15, 0.2) is 0 Å². The molecule has 2 rings (SSSR count). The highest BCUT2D eigenvalue weighted by Crippen LogP contribution is 2.29. The lowest BCUT2D eigenvalue weighted by Crippen LogP contribution is -2.15. The Morgan fingerprint density at radius 1 is 1.00 bits per heavy atom. The molecular formula is C19H24ClNO. The Morgan fingerprint density at radius 3 is 2.18 bits per heavy atom. The van der Waals surface area contributed by atoms with Crippen molar-refractivity contribution >= 4 is 18.0 Å². The van der Waals surface area contributed by atoms with Gasteiger partial charge >= 0.3 is 0 Å². The monoisotopic (exact) mass is 317 g/mol. The molecule has 2 aromatic rings. The number of halogens is 1. The van der Waals surface area contributed by atoms with Gasteiger partial charge in [0.2, 0.25) is 0 Å². The van der Waals surface area contributed by atoms with Crippen molar-refractivity contribution in [1.82, 2.24) is 4.90 Å². The molecule has 118 valence electrons. The van der Waals surface area contributed by atoms with Crippen molar-refractivity contribution in [3.05, 3.63) is 70.8 Å². The van der Waals surface area contributed by atoms with Crippen LogP contribution in [0.2, 0.25) is 0 Å². The number of benzene rings is 2. The summed E-state index contributed by atoms with van der Waals surface area (Å²) < 4.78 is 0. The number of likely N-dealkylation sites (N-methyl/N-ethyl adjacent to an activating group) is 1. The molecule has 3 heteroatoms. The van der Waals surface area contributed by atoms with Crippen LogP contribution < -0.4 is 0 Å². The van der Waals surface area contributed by atoms with Gasteiger partial charge in [-0.3, -0.25) is 0 Å². The number of aromatic hydroxyl groups is 1. The fourth-order valence-electron chi connectivity index (χ4n) is 2.59. The van der Waals surface area contributed by atoms with Gasteiger partial charge in [-0.2, -0.15) is 0 Å².